The molecule has 0 aliphatic heterocycles. The van der Waals surface area contributed by atoms with Crippen LogP contribution in [0.15, 0.2) is 211 Å². The molecule has 0 unspecified atom stereocenters. The predicted molar refractivity (Wildman–Crippen MR) is 242 cm³/mol. The summed E-state index contributed by atoms with van der Waals surface area (Å²) in [4.78, 5) is 10.4. The molecule has 58 heavy (non-hydrogen) atoms. The molecule has 6 heteroatoms. The van der Waals surface area contributed by atoms with Crippen LogP contribution in [-0.4, -0.2) is 27.2 Å². The molecule has 0 aliphatic rings. The van der Waals surface area contributed by atoms with Gasteiger partial charge in [-0.2, -0.15) is 0 Å². The van der Waals surface area contributed by atoms with Crippen LogP contribution in [0.1, 0.15) is 0 Å². The fourth-order valence-corrected chi connectivity index (χ4v) is 13.9. The van der Waals surface area contributed by atoms with Gasteiger partial charge in [0.2, 0.25) is 8.07 Å². The third kappa shape index (κ3) is 4.63. The Morgan fingerprint density at radius 3 is 1.59 bits per heavy atom. The van der Waals surface area contributed by atoms with Crippen LogP contribution in [0.2, 0.25) is 0 Å². The highest BCUT2D eigenvalue weighted by Gasteiger charge is 2.44. The van der Waals surface area contributed by atoms with Crippen LogP contribution in [0.3, 0.4) is 0 Å². The van der Waals surface area contributed by atoms with Gasteiger partial charge in [-0.3, -0.25) is 9.97 Å². The van der Waals surface area contributed by atoms with Crippen LogP contribution >= 0.6 is 0 Å². The first-order chi connectivity index (χ1) is 28.8. The Kier molecular flexibility index (Phi) is 7.18. The zero-order valence-corrected chi connectivity index (χ0v) is 32.3. The van der Waals surface area contributed by atoms with E-state index in [-0.39, 0.29) is 0 Å². The molecule has 272 valence electrons. The van der Waals surface area contributed by atoms with Crippen LogP contribution in [-0.2, 0) is 0 Å². The van der Waals surface area contributed by atoms with Gasteiger partial charge in [-0.05, 0) is 95.3 Å². The summed E-state index contributed by atoms with van der Waals surface area (Å²) in [6.45, 7) is 0. The van der Waals surface area contributed by atoms with Crippen LogP contribution in [0.25, 0.3) is 76.9 Å². The van der Waals surface area contributed by atoms with Crippen molar-refractivity contribution in [2.75, 3.05) is 0 Å². The predicted octanol–water partition coefficient (Wildman–Crippen LogP) is 9.95. The van der Waals surface area contributed by atoms with E-state index in [1.807, 2.05) is 30.6 Å². The summed E-state index contributed by atoms with van der Waals surface area (Å²) in [5.74, 6) is 0. The molecule has 0 spiro atoms. The molecule has 5 nitrogen and oxygen atoms in total. The highest BCUT2D eigenvalue weighted by molar-refractivity contribution is 7.19. The van der Waals surface area contributed by atoms with Gasteiger partial charge in [0.25, 0.3) is 0 Å². The molecular weight excluding hydrogens is 725 g/mol. The van der Waals surface area contributed by atoms with Gasteiger partial charge in [0.15, 0.2) is 0 Å². The van der Waals surface area contributed by atoms with Crippen molar-refractivity contribution in [1.29, 1.82) is 0 Å². The van der Waals surface area contributed by atoms with E-state index >= 15 is 0 Å². The van der Waals surface area contributed by atoms with Gasteiger partial charge < -0.3 is 13.6 Å². The average Bonchev–Trinajstić information content (AvgIpc) is 3.96. The number of furan rings is 1. The molecule has 0 fully saturated rings. The van der Waals surface area contributed by atoms with Crippen molar-refractivity contribution >= 4 is 94.6 Å². The lowest BCUT2D eigenvalue weighted by atomic mass is 10.1. The van der Waals surface area contributed by atoms with Gasteiger partial charge in [0.05, 0.1) is 22.1 Å². The first-order valence-electron chi connectivity index (χ1n) is 19.7. The van der Waals surface area contributed by atoms with Gasteiger partial charge in [-0.25, -0.2) is 0 Å². The highest BCUT2D eigenvalue weighted by atomic mass is 28.3. The molecule has 0 bridgehead atoms. The highest BCUT2D eigenvalue weighted by Crippen LogP contribution is 2.41. The van der Waals surface area contributed by atoms with Crippen molar-refractivity contribution in [3.63, 3.8) is 0 Å². The van der Waals surface area contributed by atoms with E-state index in [9.17, 15) is 0 Å². The molecular formula is C52H34N4OSi. The molecule has 0 amide bonds. The maximum absolute atomic E-state index is 6.36. The lowest BCUT2D eigenvalue weighted by Crippen LogP contribution is -2.76. The SMILES string of the molecule is c1ccc([Si](c2ccc(-n3c4ccccc4c4c5c(ccc43)oc3ccccc35)cc2)(c2cccc(-n3c4ccccc4c4ccccc43)c2)c2ccccn2)nc1. The number of hydrogen-bond acceptors (Lipinski definition) is 3. The summed E-state index contributed by atoms with van der Waals surface area (Å²) in [5.41, 5.74) is 8.66. The summed E-state index contributed by atoms with van der Waals surface area (Å²) in [7, 11) is -3.11. The number of fused-ring (bicyclic) bond motifs is 10. The van der Waals surface area contributed by atoms with Crippen molar-refractivity contribution < 1.29 is 4.42 Å². The quantitative estimate of drug-likeness (QED) is 0.159. The molecule has 0 saturated heterocycles. The number of pyridine rings is 2. The van der Waals surface area contributed by atoms with E-state index in [0.29, 0.717) is 0 Å². The lowest BCUT2D eigenvalue weighted by Gasteiger charge is -2.32. The molecule has 5 heterocycles. The molecule has 0 radical (unpaired) electrons. The van der Waals surface area contributed by atoms with Crippen molar-refractivity contribution in [1.82, 2.24) is 19.1 Å². The zero-order chi connectivity index (χ0) is 38.2. The van der Waals surface area contributed by atoms with Crippen molar-refractivity contribution in [2.45, 2.75) is 0 Å². The first kappa shape index (κ1) is 32.7. The smallest absolute Gasteiger partial charge is 0.223 e. The van der Waals surface area contributed by atoms with Gasteiger partial charge in [0.1, 0.15) is 11.2 Å². The Hall–Kier alpha value is -7.54. The molecule has 0 saturated carbocycles. The average molecular weight is 759 g/mol. The largest absolute Gasteiger partial charge is 0.456 e. The Bertz CT molecular complexity index is 3420. The standard InChI is InChI=1S/C52H34N4OSi/c1-5-20-43-39(16-1)40-17-2-6-21-44(40)56(43)36-14-13-15-38(34-36)58(49-24-9-11-32-53-49,50-25-10-12-33-54-50)37-28-26-35(27-29-37)55-45-22-7-3-18-41(45)51-46(55)30-31-48-52(51)42-19-4-8-23-47(42)57-48/h1-34H. The minimum Gasteiger partial charge on any atom is -0.456 e. The zero-order valence-electron chi connectivity index (χ0n) is 31.3. The Balaban J connectivity index is 1.11. The van der Waals surface area contributed by atoms with Crippen LogP contribution < -0.4 is 21.0 Å². The van der Waals surface area contributed by atoms with Gasteiger partial charge in [-0.1, -0.05) is 109 Å². The molecule has 0 aliphatic carbocycles. The molecule has 5 aromatic heterocycles. The molecule has 12 aromatic rings. The number of hydrogen-bond donors (Lipinski definition) is 0. The number of benzene rings is 7. The molecule has 7 aromatic carbocycles. The normalized spacial score (nSPS) is 12.1. The second-order valence-corrected chi connectivity index (χ2v) is 18.6. The van der Waals surface area contributed by atoms with E-state index in [1.54, 1.807) is 0 Å². The number of aromatic nitrogens is 4. The Morgan fingerprint density at radius 2 is 0.931 bits per heavy atom. The third-order valence-electron chi connectivity index (χ3n) is 12.0. The van der Waals surface area contributed by atoms with Crippen LogP contribution in [0.4, 0.5) is 0 Å². The Morgan fingerprint density at radius 1 is 0.362 bits per heavy atom. The van der Waals surface area contributed by atoms with E-state index in [4.69, 9.17) is 14.4 Å². The van der Waals surface area contributed by atoms with E-state index in [1.165, 1.54) is 43.0 Å². The summed E-state index contributed by atoms with van der Waals surface area (Å²) >= 11 is 0. The summed E-state index contributed by atoms with van der Waals surface area (Å²) < 4.78 is 11.2. The molecule has 0 atom stereocenters. The van der Waals surface area contributed by atoms with Gasteiger partial charge in [0, 0.05) is 66.7 Å². The van der Waals surface area contributed by atoms with Crippen LogP contribution in [0.5, 0.6) is 0 Å². The minimum atomic E-state index is -3.11. The topological polar surface area (TPSA) is 48.8 Å². The minimum absolute atomic E-state index is 0.900. The summed E-state index contributed by atoms with van der Waals surface area (Å²) in [6.07, 6.45) is 3.84. The number of rotatable bonds is 6. The maximum atomic E-state index is 6.36. The van der Waals surface area contributed by atoms with E-state index in [2.05, 4.69) is 185 Å². The van der Waals surface area contributed by atoms with E-state index < -0.39 is 8.07 Å². The fourth-order valence-electron chi connectivity index (χ4n) is 9.55. The molecule has 12 rings (SSSR count). The number of nitrogens with zero attached hydrogens (tertiary/aromatic N) is 4. The second kappa shape index (κ2) is 12.7. The van der Waals surface area contributed by atoms with Crippen molar-refractivity contribution in [2.24, 2.45) is 0 Å². The van der Waals surface area contributed by atoms with E-state index in [0.717, 1.165) is 55.0 Å². The fraction of sp³-hybridized carbons (Fsp3) is 0. The van der Waals surface area contributed by atoms with Gasteiger partial charge >= 0.3 is 0 Å². The lowest BCUT2D eigenvalue weighted by molar-refractivity contribution is 0.669. The summed E-state index contributed by atoms with van der Waals surface area (Å²) in [5, 5.41) is 11.7. The number of para-hydroxylation sites is 4. The van der Waals surface area contributed by atoms with Gasteiger partial charge in [-0.15, -0.1) is 0 Å². The first-order valence-corrected chi connectivity index (χ1v) is 21.7. The van der Waals surface area contributed by atoms with Crippen molar-refractivity contribution in [3.8, 4) is 11.4 Å². The third-order valence-corrected chi connectivity index (χ3v) is 16.5. The van der Waals surface area contributed by atoms with Crippen molar-refractivity contribution in [3.05, 3.63) is 207 Å². The monoisotopic (exact) mass is 758 g/mol. The maximum Gasteiger partial charge on any atom is 0.223 e. The van der Waals surface area contributed by atoms with Crippen LogP contribution in [0, 0.1) is 0 Å². The summed E-state index contributed by atoms with van der Waals surface area (Å²) in [6, 6.07) is 69.7. The second-order valence-electron chi connectivity index (χ2n) is 14.9. The Labute approximate surface area is 334 Å². The molecule has 0 N–H and O–H groups in total.